The number of amides is 1. The van der Waals surface area contributed by atoms with Crippen molar-refractivity contribution in [3.63, 3.8) is 0 Å². The van der Waals surface area contributed by atoms with Gasteiger partial charge in [-0.2, -0.15) is 18.2 Å². The van der Waals surface area contributed by atoms with E-state index in [0.717, 1.165) is 31.1 Å². The molecule has 4 rings (SSSR count). The number of benzene rings is 2. The van der Waals surface area contributed by atoms with Gasteiger partial charge in [0.05, 0.1) is 11.1 Å². The number of aromatic nitrogens is 2. The molecule has 0 aliphatic heterocycles. The zero-order chi connectivity index (χ0) is 22.7. The van der Waals surface area contributed by atoms with Crippen LogP contribution in [0.5, 0.6) is 5.75 Å². The van der Waals surface area contributed by atoms with Crippen molar-refractivity contribution in [2.45, 2.75) is 38.5 Å². The number of rotatable bonds is 7. The van der Waals surface area contributed by atoms with Crippen LogP contribution in [0, 0.1) is 0 Å². The highest BCUT2D eigenvalue weighted by Gasteiger charge is 2.35. The minimum Gasteiger partial charge on any atom is -0.484 e. The lowest BCUT2D eigenvalue weighted by Crippen LogP contribution is -2.30. The Labute approximate surface area is 183 Å². The van der Waals surface area contributed by atoms with Crippen LogP contribution in [0.4, 0.5) is 13.2 Å². The van der Waals surface area contributed by atoms with Crippen LogP contribution < -0.4 is 4.74 Å². The van der Waals surface area contributed by atoms with E-state index in [4.69, 9.17) is 9.26 Å². The smallest absolute Gasteiger partial charge is 0.417 e. The molecule has 2 aromatic carbocycles. The van der Waals surface area contributed by atoms with Gasteiger partial charge in [0, 0.05) is 20.0 Å². The summed E-state index contributed by atoms with van der Waals surface area (Å²) in [5.41, 5.74) is 1.31. The second-order valence-corrected chi connectivity index (χ2v) is 7.70. The Balaban J connectivity index is 1.32. The summed E-state index contributed by atoms with van der Waals surface area (Å²) >= 11 is 0. The third kappa shape index (κ3) is 4.92. The van der Waals surface area contributed by atoms with Crippen LogP contribution >= 0.6 is 0 Å². The monoisotopic (exact) mass is 445 g/mol. The number of halogens is 3. The molecule has 0 fully saturated rings. The molecular weight excluding hydrogens is 423 g/mol. The maximum atomic E-state index is 13.2. The Morgan fingerprint density at radius 3 is 2.75 bits per heavy atom. The van der Waals surface area contributed by atoms with Gasteiger partial charge in [-0.1, -0.05) is 23.4 Å². The van der Waals surface area contributed by atoms with Crippen molar-refractivity contribution in [2.24, 2.45) is 0 Å². The first-order valence-corrected chi connectivity index (χ1v) is 10.3. The first kappa shape index (κ1) is 21.9. The van der Waals surface area contributed by atoms with Crippen molar-refractivity contribution in [3.8, 4) is 5.75 Å². The van der Waals surface area contributed by atoms with E-state index in [1.165, 1.54) is 41.3 Å². The highest BCUT2D eigenvalue weighted by molar-refractivity contribution is 5.95. The van der Waals surface area contributed by atoms with Gasteiger partial charge in [-0.05, 0) is 54.7 Å². The summed E-state index contributed by atoms with van der Waals surface area (Å²) in [5, 5.41) is 3.86. The van der Waals surface area contributed by atoms with E-state index in [-0.39, 0.29) is 31.0 Å². The zero-order valence-corrected chi connectivity index (χ0v) is 17.5. The SMILES string of the molecule is CN(CCc1noc(COc2ccc3c(c2)CCC3)n1)C(=O)c1ccccc1C(F)(F)F. The van der Waals surface area contributed by atoms with Crippen LogP contribution in [-0.2, 0) is 32.0 Å². The molecular formula is C23H22F3N3O3. The van der Waals surface area contributed by atoms with Gasteiger partial charge in [0.25, 0.3) is 11.8 Å². The third-order valence-corrected chi connectivity index (χ3v) is 5.42. The van der Waals surface area contributed by atoms with Crippen LogP contribution in [0.3, 0.4) is 0 Å². The largest absolute Gasteiger partial charge is 0.484 e. The maximum Gasteiger partial charge on any atom is 0.417 e. The van der Waals surface area contributed by atoms with Gasteiger partial charge in [0.15, 0.2) is 12.4 Å². The molecule has 9 heteroatoms. The van der Waals surface area contributed by atoms with E-state index in [2.05, 4.69) is 16.2 Å². The lowest BCUT2D eigenvalue weighted by Gasteiger charge is -2.19. The number of nitrogens with zero attached hydrogens (tertiary/aromatic N) is 3. The number of ether oxygens (including phenoxy) is 1. The van der Waals surface area contributed by atoms with Gasteiger partial charge < -0.3 is 14.2 Å². The minimum atomic E-state index is -4.60. The van der Waals surface area contributed by atoms with E-state index in [0.29, 0.717) is 5.82 Å². The molecule has 168 valence electrons. The first-order chi connectivity index (χ1) is 15.3. The molecule has 6 nitrogen and oxygen atoms in total. The standard InChI is InChI=1S/C23H22F3N3O3/c1-29(22(30)18-7-2-3-8-19(18)23(24,25)26)12-11-20-27-21(32-28-20)14-31-17-10-9-15-5-4-6-16(15)13-17/h2-3,7-10,13H,4-6,11-12,14H2,1H3. The summed E-state index contributed by atoms with van der Waals surface area (Å²) in [5.74, 6) is 0.652. The molecule has 1 aliphatic carbocycles. The number of aryl methyl sites for hydroxylation is 2. The number of carbonyl (C=O) groups is 1. The second kappa shape index (κ2) is 9.02. The molecule has 0 bridgehead atoms. The van der Waals surface area contributed by atoms with Gasteiger partial charge in [0.1, 0.15) is 5.75 Å². The molecule has 1 amide bonds. The van der Waals surface area contributed by atoms with Gasteiger partial charge >= 0.3 is 6.18 Å². The summed E-state index contributed by atoms with van der Waals surface area (Å²) < 4.78 is 50.4. The summed E-state index contributed by atoms with van der Waals surface area (Å²) in [6.07, 6.45) is -1.06. The van der Waals surface area contributed by atoms with E-state index in [1.807, 2.05) is 12.1 Å². The van der Waals surface area contributed by atoms with Crippen LogP contribution in [-0.4, -0.2) is 34.5 Å². The van der Waals surface area contributed by atoms with E-state index in [9.17, 15) is 18.0 Å². The second-order valence-electron chi connectivity index (χ2n) is 7.70. The normalized spacial score (nSPS) is 13.1. The summed E-state index contributed by atoms with van der Waals surface area (Å²) in [4.78, 5) is 18.0. The Morgan fingerprint density at radius 2 is 1.94 bits per heavy atom. The number of hydrogen-bond donors (Lipinski definition) is 0. The zero-order valence-electron chi connectivity index (χ0n) is 17.5. The average molecular weight is 445 g/mol. The van der Waals surface area contributed by atoms with Crippen LogP contribution in [0.2, 0.25) is 0 Å². The van der Waals surface area contributed by atoms with Gasteiger partial charge in [0.2, 0.25) is 0 Å². The van der Waals surface area contributed by atoms with Crippen molar-refractivity contribution in [1.29, 1.82) is 0 Å². The Bertz CT molecular complexity index is 1110. The van der Waals surface area contributed by atoms with Gasteiger partial charge in [-0.25, -0.2) is 0 Å². The topological polar surface area (TPSA) is 68.5 Å². The predicted molar refractivity (Wildman–Crippen MR) is 109 cm³/mol. The number of fused-ring (bicyclic) bond motifs is 1. The Kier molecular flexibility index (Phi) is 6.16. The molecule has 0 N–H and O–H groups in total. The number of carbonyl (C=O) groups excluding carboxylic acids is 1. The Morgan fingerprint density at radius 1 is 1.16 bits per heavy atom. The lowest BCUT2D eigenvalue weighted by atomic mass is 10.1. The third-order valence-electron chi connectivity index (χ3n) is 5.42. The Hall–Kier alpha value is -3.36. The highest BCUT2D eigenvalue weighted by Crippen LogP contribution is 2.32. The number of alkyl halides is 3. The number of likely N-dealkylation sites (N-methyl/N-ethyl adjacent to an activating group) is 1. The van der Waals surface area contributed by atoms with Gasteiger partial charge in [-0.15, -0.1) is 0 Å². The molecule has 3 aromatic rings. The lowest BCUT2D eigenvalue weighted by molar-refractivity contribution is -0.138. The van der Waals surface area contributed by atoms with E-state index >= 15 is 0 Å². The van der Waals surface area contributed by atoms with Crippen LogP contribution in [0.1, 0.15) is 45.2 Å². The summed E-state index contributed by atoms with van der Waals surface area (Å²) in [6, 6.07) is 10.7. The fourth-order valence-corrected chi connectivity index (χ4v) is 3.73. The summed E-state index contributed by atoms with van der Waals surface area (Å²) in [7, 11) is 1.44. The molecule has 1 aliphatic rings. The minimum absolute atomic E-state index is 0.111. The molecule has 0 saturated heterocycles. The van der Waals surface area contributed by atoms with Crippen LogP contribution in [0.25, 0.3) is 0 Å². The molecule has 0 unspecified atom stereocenters. The highest BCUT2D eigenvalue weighted by atomic mass is 19.4. The fourth-order valence-electron chi connectivity index (χ4n) is 3.73. The van der Waals surface area contributed by atoms with E-state index < -0.39 is 17.6 Å². The average Bonchev–Trinajstić information content (AvgIpc) is 3.43. The molecule has 0 saturated carbocycles. The van der Waals surface area contributed by atoms with Crippen molar-refractivity contribution in [1.82, 2.24) is 15.0 Å². The van der Waals surface area contributed by atoms with E-state index in [1.54, 1.807) is 0 Å². The molecule has 0 radical (unpaired) electrons. The van der Waals surface area contributed by atoms with Gasteiger partial charge in [-0.3, -0.25) is 4.79 Å². The predicted octanol–water partition coefficient (Wildman–Crippen LogP) is 4.47. The summed E-state index contributed by atoms with van der Waals surface area (Å²) in [6.45, 7) is 0.245. The quantitative estimate of drug-likeness (QED) is 0.537. The first-order valence-electron chi connectivity index (χ1n) is 10.3. The van der Waals surface area contributed by atoms with Crippen molar-refractivity contribution in [2.75, 3.05) is 13.6 Å². The molecule has 1 heterocycles. The van der Waals surface area contributed by atoms with Crippen molar-refractivity contribution in [3.05, 3.63) is 76.4 Å². The fraction of sp³-hybridized carbons (Fsp3) is 0.348. The molecule has 0 spiro atoms. The van der Waals surface area contributed by atoms with Crippen molar-refractivity contribution >= 4 is 5.91 Å². The van der Waals surface area contributed by atoms with Crippen LogP contribution in [0.15, 0.2) is 47.0 Å². The maximum absolute atomic E-state index is 13.2. The van der Waals surface area contributed by atoms with Crippen molar-refractivity contribution < 1.29 is 27.2 Å². The molecule has 32 heavy (non-hydrogen) atoms. The molecule has 0 atom stereocenters. The number of hydrogen-bond acceptors (Lipinski definition) is 5. The molecule has 1 aromatic heterocycles.